The highest BCUT2D eigenvalue weighted by atomic mass is 32.2. The van der Waals surface area contributed by atoms with Crippen molar-refractivity contribution in [1.82, 2.24) is 0 Å². The Bertz CT molecular complexity index is 879. The summed E-state index contributed by atoms with van der Waals surface area (Å²) in [5.74, 6) is 0.841. The minimum atomic E-state index is -5.39. The van der Waals surface area contributed by atoms with Crippen molar-refractivity contribution in [2.24, 2.45) is 0 Å². The van der Waals surface area contributed by atoms with E-state index < -0.39 is 20.2 Å². The maximum atomic E-state index is 13.0. The van der Waals surface area contributed by atoms with E-state index in [1.165, 1.54) is 12.1 Å². The van der Waals surface area contributed by atoms with Crippen molar-refractivity contribution >= 4 is 15.5 Å². The van der Waals surface area contributed by atoms with Gasteiger partial charge < -0.3 is 9.64 Å². The zero-order valence-corrected chi connectivity index (χ0v) is 14.8. The summed E-state index contributed by atoms with van der Waals surface area (Å²) in [5.41, 5.74) is -4.18. The first kappa shape index (κ1) is 18.6. The fourth-order valence-corrected chi connectivity index (χ4v) is 4.18. The number of halogens is 3. The van der Waals surface area contributed by atoms with Gasteiger partial charge in [-0.3, -0.25) is 0 Å². The summed E-state index contributed by atoms with van der Waals surface area (Å²) < 4.78 is 67.8. The average molecular weight is 385 g/mol. The summed E-state index contributed by atoms with van der Waals surface area (Å²) in [4.78, 5) is 1.01. The lowest BCUT2D eigenvalue weighted by atomic mass is 9.98. The number of sulfone groups is 1. The molecule has 1 aliphatic heterocycles. The monoisotopic (exact) mass is 385 g/mol. The Kier molecular flexibility index (Phi) is 4.88. The van der Waals surface area contributed by atoms with Crippen LogP contribution in [0.4, 0.5) is 18.9 Å². The van der Waals surface area contributed by atoms with Gasteiger partial charge in [-0.25, -0.2) is 8.42 Å². The largest absolute Gasteiger partial charge is 0.501 e. The molecule has 0 bridgehead atoms. The molecular weight excluding hydrogens is 367 g/mol. The second-order valence-electron chi connectivity index (χ2n) is 6.12. The average Bonchev–Trinajstić information content (AvgIpc) is 3.11. The Balaban J connectivity index is 1.88. The lowest BCUT2D eigenvalue weighted by molar-refractivity contribution is -0.0435. The van der Waals surface area contributed by atoms with Gasteiger partial charge in [-0.15, -0.1) is 0 Å². The summed E-state index contributed by atoms with van der Waals surface area (Å²) in [6, 6.07) is 12.8. The Morgan fingerprint density at radius 2 is 1.73 bits per heavy atom. The lowest BCUT2D eigenvalue weighted by Gasteiger charge is -2.22. The molecule has 0 saturated carbocycles. The molecule has 0 N–H and O–H groups in total. The van der Waals surface area contributed by atoms with Crippen LogP contribution in [0.1, 0.15) is 17.9 Å². The number of alkyl halides is 3. The van der Waals surface area contributed by atoms with Crippen LogP contribution in [0.5, 0.6) is 5.75 Å². The standard InChI is InChI=1S/C18H18F3NO3S/c1-25-15-8-6-13(7-9-15)14-10-11-22(12-14)16-4-2-3-5-17(16)26(23,24)18(19,20)21/h2-9,14H,10-12H2,1H3/t14-/m1/s1. The molecule has 1 atom stereocenters. The van der Waals surface area contributed by atoms with E-state index in [0.29, 0.717) is 13.1 Å². The number of hydrogen-bond acceptors (Lipinski definition) is 4. The highest BCUT2D eigenvalue weighted by molar-refractivity contribution is 7.92. The zero-order valence-electron chi connectivity index (χ0n) is 14.0. The molecule has 0 aliphatic carbocycles. The predicted molar refractivity (Wildman–Crippen MR) is 92.2 cm³/mol. The van der Waals surface area contributed by atoms with Crippen molar-refractivity contribution in [1.29, 1.82) is 0 Å². The number of hydrogen-bond donors (Lipinski definition) is 0. The first-order valence-electron chi connectivity index (χ1n) is 8.03. The van der Waals surface area contributed by atoms with Crippen LogP contribution >= 0.6 is 0 Å². The summed E-state index contributed by atoms with van der Waals surface area (Å²) >= 11 is 0. The van der Waals surface area contributed by atoms with Crippen LogP contribution in [0.2, 0.25) is 0 Å². The third kappa shape index (κ3) is 3.38. The van der Waals surface area contributed by atoms with Gasteiger partial charge in [0.25, 0.3) is 9.84 Å². The summed E-state index contributed by atoms with van der Waals surface area (Å²) in [6.45, 7) is 0.942. The number of ether oxygens (including phenoxy) is 1. The number of methoxy groups -OCH3 is 1. The number of nitrogens with zero attached hydrogens (tertiary/aromatic N) is 1. The fourth-order valence-electron chi connectivity index (χ4n) is 3.20. The van der Waals surface area contributed by atoms with E-state index in [-0.39, 0.29) is 11.6 Å². The van der Waals surface area contributed by atoms with Gasteiger partial charge in [0.1, 0.15) is 5.75 Å². The zero-order chi connectivity index (χ0) is 18.9. The molecule has 4 nitrogen and oxygen atoms in total. The van der Waals surface area contributed by atoms with Crippen molar-refractivity contribution in [2.75, 3.05) is 25.1 Å². The van der Waals surface area contributed by atoms with E-state index >= 15 is 0 Å². The van der Waals surface area contributed by atoms with Crippen molar-refractivity contribution in [3.63, 3.8) is 0 Å². The molecule has 140 valence electrons. The van der Waals surface area contributed by atoms with Gasteiger partial charge in [0, 0.05) is 19.0 Å². The Labute approximate surface area is 150 Å². The van der Waals surface area contributed by atoms with Crippen LogP contribution in [0.15, 0.2) is 53.4 Å². The second kappa shape index (κ2) is 6.83. The van der Waals surface area contributed by atoms with Gasteiger partial charge in [-0.1, -0.05) is 24.3 Å². The van der Waals surface area contributed by atoms with Crippen LogP contribution in [-0.4, -0.2) is 34.1 Å². The van der Waals surface area contributed by atoms with E-state index in [1.54, 1.807) is 18.1 Å². The van der Waals surface area contributed by atoms with Crippen LogP contribution in [0, 0.1) is 0 Å². The highest BCUT2D eigenvalue weighted by Gasteiger charge is 2.48. The van der Waals surface area contributed by atoms with Gasteiger partial charge in [0.2, 0.25) is 0 Å². The molecule has 1 saturated heterocycles. The van der Waals surface area contributed by atoms with Crippen molar-refractivity contribution in [2.45, 2.75) is 22.7 Å². The SMILES string of the molecule is COc1ccc([C@@H]2CCN(c3ccccc3S(=O)(=O)C(F)(F)F)C2)cc1. The van der Waals surface area contributed by atoms with Gasteiger partial charge in [-0.2, -0.15) is 13.2 Å². The molecule has 8 heteroatoms. The Morgan fingerprint density at radius 1 is 1.08 bits per heavy atom. The molecule has 0 spiro atoms. The summed E-state index contributed by atoms with van der Waals surface area (Å²) in [7, 11) is -3.82. The maximum Gasteiger partial charge on any atom is 0.501 e. The predicted octanol–water partition coefficient (Wildman–Crippen LogP) is 3.98. The molecule has 2 aromatic rings. The van der Waals surface area contributed by atoms with E-state index in [1.807, 2.05) is 24.3 Å². The minimum Gasteiger partial charge on any atom is -0.497 e. The molecule has 1 heterocycles. The van der Waals surface area contributed by atoms with E-state index in [2.05, 4.69) is 0 Å². The molecular formula is C18H18F3NO3S. The number of anilines is 1. The first-order valence-corrected chi connectivity index (χ1v) is 9.51. The van der Waals surface area contributed by atoms with Crippen LogP contribution in [0.25, 0.3) is 0 Å². The third-order valence-corrected chi connectivity index (χ3v) is 6.11. The third-order valence-electron chi connectivity index (χ3n) is 4.58. The highest BCUT2D eigenvalue weighted by Crippen LogP contribution is 2.39. The number of benzene rings is 2. The molecule has 0 unspecified atom stereocenters. The first-order chi connectivity index (χ1) is 12.2. The van der Waals surface area contributed by atoms with Gasteiger partial charge in [0.05, 0.1) is 17.7 Å². The number of para-hydroxylation sites is 1. The molecule has 2 aromatic carbocycles. The molecule has 0 amide bonds. The van der Waals surface area contributed by atoms with Crippen LogP contribution in [0.3, 0.4) is 0 Å². The second-order valence-corrected chi connectivity index (χ2v) is 8.03. The Hall–Kier alpha value is -2.22. The van der Waals surface area contributed by atoms with Crippen molar-refractivity contribution < 1.29 is 26.3 Å². The summed E-state index contributed by atoms with van der Waals surface area (Å²) in [5, 5.41) is 0. The fraction of sp³-hybridized carbons (Fsp3) is 0.333. The Morgan fingerprint density at radius 3 is 2.35 bits per heavy atom. The summed E-state index contributed by atoms with van der Waals surface area (Å²) in [6.07, 6.45) is 0.729. The van der Waals surface area contributed by atoms with Gasteiger partial charge in [0.15, 0.2) is 0 Å². The molecule has 1 fully saturated rings. The van der Waals surface area contributed by atoms with E-state index in [4.69, 9.17) is 4.74 Å². The molecule has 1 aliphatic rings. The van der Waals surface area contributed by atoms with Crippen molar-refractivity contribution in [3.05, 3.63) is 54.1 Å². The van der Waals surface area contributed by atoms with E-state index in [0.717, 1.165) is 23.8 Å². The van der Waals surface area contributed by atoms with Gasteiger partial charge >= 0.3 is 5.51 Å². The normalized spacial score (nSPS) is 18.2. The lowest BCUT2D eigenvalue weighted by Crippen LogP contribution is -2.27. The van der Waals surface area contributed by atoms with E-state index in [9.17, 15) is 21.6 Å². The molecule has 26 heavy (non-hydrogen) atoms. The van der Waals surface area contributed by atoms with Crippen LogP contribution in [-0.2, 0) is 9.84 Å². The van der Waals surface area contributed by atoms with Crippen LogP contribution < -0.4 is 9.64 Å². The minimum absolute atomic E-state index is 0.0980. The van der Waals surface area contributed by atoms with Crippen molar-refractivity contribution in [3.8, 4) is 5.75 Å². The molecule has 3 rings (SSSR count). The molecule has 0 aromatic heterocycles. The van der Waals surface area contributed by atoms with Gasteiger partial charge in [-0.05, 0) is 36.2 Å². The number of rotatable bonds is 4. The maximum absolute atomic E-state index is 13.0. The topological polar surface area (TPSA) is 46.6 Å². The quantitative estimate of drug-likeness (QED) is 0.799. The molecule has 0 radical (unpaired) electrons. The smallest absolute Gasteiger partial charge is 0.497 e.